The van der Waals surface area contributed by atoms with Crippen LogP contribution in [0.4, 0.5) is 0 Å². The third kappa shape index (κ3) is 4.31. The Labute approximate surface area is 146 Å². The standard InChI is InChI=1S/C15H16Br2ClNS/c1-2-6-19-14(9-15-13(17)5-7-20-15)11-8-10(18)3-4-12(11)16/h3-5,7-8,14,19H,2,6,9H2,1H3. The van der Waals surface area contributed by atoms with Crippen molar-refractivity contribution in [3.63, 3.8) is 0 Å². The van der Waals surface area contributed by atoms with Crippen LogP contribution in [0.2, 0.25) is 5.02 Å². The molecular weight excluding hydrogens is 422 g/mol. The Balaban J connectivity index is 2.27. The van der Waals surface area contributed by atoms with Crippen molar-refractivity contribution in [3.05, 3.63) is 54.1 Å². The summed E-state index contributed by atoms with van der Waals surface area (Å²) in [5.41, 5.74) is 1.21. The molecule has 0 radical (unpaired) electrons. The van der Waals surface area contributed by atoms with Crippen molar-refractivity contribution < 1.29 is 0 Å². The van der Waals surface area contributed by atoms with E-state index in [0.29, 0.717) is 0 Å². The molecule has 0 fully saturated rings. The van der Waals surface area contributed by atoms with Crippen LogP contribution in [0.15, 0.2) is 38.6 Å². The Morgan fingerprint density at radius 1 is 1.25 bits per heavy atom. The summed E-state index contributed by atoms with van der Waals surface area (Å²) in [6, 6.07) is 8.33. The van der Waals surface area contributed by atoms with Gasteiger partial charge in [0.25, 0.3) is 0 Å². The Hall–Kier alpha value is 0.130. The highest BCUT2D eigenvalue weighted by Crippen LogP contribution is 2.32. The van der Waals surface area contributed by atoms with Crippen LogP contribution in [-0.2, 0) is 6.42 Å². The molecule has 0 aliphatic heterocycles. The van der Waals surface area contributed by atoms with Crippen LogP contribution in [0.3, 0.4) is 0 Å². The molecule has 1 nitrogen and oxygen atoms in total. The van der Waals surface area contributed by atoms with Crippen molar-refractivity contribution in [2.45, 2.75) is 25.8 Å². The number of nitrogens with one attached hydrogen (secondary N) is 1. The van der Waals surface area contributed by atoms with Crippen molar-refractivity contribution in [1.29, 1.82) is 0 Å². The van der Waals surface area contributed by atoms with Crippen LogP contribution < -0.4 is 5.32 Å². The van der Waals surface area contributed by atoms with Crippen molar-refractivity contribution in [2.75, 3.05) is 6.54 Å². The predicted molar refractivity (Wildman–Crippen MR) is 95.9 cm³/mol. The average Bonchev–Trinajstić information content (AvgIpc) is 2.83. The minimum absolute atomic E-state index is 0.262. The number of halogens is 3. The normalized spacial score (nSPS) is 12.6. The summed E-state index contributed by atoms with van der Waals surface area (Å²) in [7, 11) is 0. The van der Waals surface area contributed by atoms with Crippen molar-refractivity contribution in [1.82, 2.24) is 5.32 Å². The molecule has 108 valence electrons. The highest BCUT2D eigenvalue weighted by molar-refractivity contribution is 9.10. The van der Waals surface area contributed by atoms with Gasteiger partial charge in [-0.05, 0) is 64.1 Å². The zero-order valence-electron chi connectivity index (χ0n) is 11.1. The molecule has 5 heteroatoms. The molecule has 0 aliphatic carbocycles. The Morgan fingerprint density at radius 3 is 2.70 bits per heavy atom. The van der Waals surface area contributed by atoms with Crippen LogP contribution in [0.25, 0.3) is 0 Å². The molecule has 0 bridgehead atoms. The fourth-order valence-corrected chi connectivity index (χ4v) is 4.31. The highest BCUT2D eigenvalue weighted by atomic mass is 79.9. The number of benzene rings is 1. The van der Waals surface area contributed by atoms with Gasteiger partial charge in [0.2, 0.25) is 0 Å². The van der Waals surface area contributed by atoms with Crippen LogP contribution in [0.1, 0.15) is 29.8 Å². The Morgan fingerprint density at radius 2 is 2.05 bits per heavy atom. The molecular formula is C15H16Br2ClNS. The predicted octanol–water partition coefficient (Wildman–Crippen LogP) is 6.21. The molecule has 20 heavy (non-hydrogen) atoms. The zero-order chi connectivity index (χ0) is 14.5. The average molecular weight is 438 g/mol. The second-order valence-corrected chi connectivity index (χ2v) is 7.71. The largest absolute Gasteiger partial charge is 0.310 e. The van der Waals surface area contributed by atoms with Crippen molar-refractivity contribution in [2.24, 2.45) is 0 Å². The maximum atomic E-state index is 6.15. The minimum Gasteiger partial charge on any atom is -0.310 e. The van der Waals surface area contributed by atoms with Crippen LogP contribution >= 0.6 is 54.8 Å². The molecule has 0 spiro atoms. The molecule has 0 aliphatic rings. The summed E-state index contributed by atoms with van der Waals surface area (Å²) < 4.78 is 2.28. The van der Waals surface area contributed by atoms with E-state index in [4.69, 9.17) is 11.6 Å². The van der Waals surface area contributed by atoms with Crippen LogP contribution in [-0.4, -0.2) is 6.54 Å². The van der Waals surface area contributed by atoms with Gasteiger partial charge in [0.15, 0.2) is 0 Å². The highest BCUT2D eigenvalue weighted by Gasteiger charge is 2.17. The van der Waals surface area contributed by atoms with Gasteiger partial charge in [-0.1, -0.05) is 34.5 Å². The van der Waals surface area contributed by atoms with Crippen molar-refractivity contribution >= 4 is 54.8 Å². The number of rotatable bonds is 6. The van der Waals surface area contributed by atoms with Crippen molar-refractivity contribution in [3.8, 4) is 0 Å². The summed E-state index contributed by atoms with van der Waals surface area (Å²) in [5, 5.41) is 6.51. The summed E-state index contributed by atoms with van der Waals surface area (Å²) >= 11 is 15.2. The van der Waals surface area contributed by atoms with Gasteiger partial charge in [-0.25, -0.2) is 0 Å². The first-order valence-corrected chi connectivity index (χ1v) is 9.36. The molecule has 0 saturated carbocycles. The topological polar surface area (TPSA) is 12.0 Å². The van der Waals surface area contributed by atoms with Gasteiger partial charge in [0, 0.05) is 31.3 Å². The zero-order valence-corrected chi connectivity index (χ0v) is 15.9. The fourth-order valence-electron chi connectivity index (χ4n) is 2.05. The van der Waals surface area contributed by atoms with Gasteiger partial charge >= 0.3 is 0 Å². The molecule has 2 aromatic rings. The smallest absolute Gasteiger partial charge is 0.0410 e. The summed E-state index contributed by atoms with van der Waals surface area (Å²) in [4.78, 5) is 1.35. The maximum Gasteiger partial charge on any atom is 0.0410 e. The molecule has 2 rings (SSSR count). The first kappa shape index (κ1) is 16.5. The molecule has 1 atom stereocenters. The fraction of sp³-hybridized carbons (Fsp3) is 0.333. The lowest BCUT2D eigenvalue weighted by Gasteiger charge is -2.20. The van der Waals surface area contributed by atoms with Gasteiger partial charge in [-0.3, -0.25) is 0 Å². The Kier molecular flexibility index (Phi) is 6.56. The maximum absolute atomic E-state index is 6.15. The Bertz CT molecular complexity index is 571. The van der Waals surface area contributed by atoms with Crippen LogP contribution in [0, 0.1) is 0 Å². The first-order chi connectivity index (χ1) is 9.61. The molecule has 0 amide bonds. The third-order valence-corrected chi connectivity index (χ3v) is 5.96. The lowest BCUT2D eigenvalue weighted by Crippen LogP contribution is -2.24. The minimum atomic E-state index is 0.262. The van der Waals surface area contributed by atoms with E-state index >= 15 is 0 Å². The van der Waals surface area contributed by atoms with Gasteiger partial charge in [-0.2, -0.15) is 0 Å². The van der Waals surface area contributed by atoms with E-state index in [1.807, 2.05) is 18.2 Å². The molecule has 1 aromatic carbocycles. The number of hydrogen-bond acceptors (Lipinski definition) is 2. The summed E-state index contributed by atoms with van der Waals surface area (Å²) in [5.74, 6) is 0. The van der Waals surface area contributed by atoms with Gasteiger partial charge in [0.1, 0.15) is 0 Å². The molecule has 1 aromatic heterocycles. The number of hydrogen-bond donors (Lipinski definition) is 1. The summed E-state index contributed by atoms with van der Waals surface area (Å²) in [6.45, 7) is 3.17. The van der Waals surface area contributed by atoms with E-state index in [9.17, 15) is 0 Å². The monoisotopic (exact) mass is 435 g/mol. The van der Waals surface area contributed by atoms with Gasteiger partial charge < -0.3 is 5.32 Å². The number of thiophene rings is 1. The second kappa shape index (κ2) is 7.95. The summed E-state index contributed by atoms with van der Waals surface area (Å²) in [6.07, 6.45) is 2.07. The van der Waals surface area contributed by atoms with E-state index in [1.165, 1.54) is 14.9 Å². The third-order valence-electron chi connectivity index (χ3n) is 3.05. The lowest BCUT2D eigenvalue weighted by atomic mass is 10.0. The van der Waals surface area contributed by atoms with Crippen LogP contribution in [0.5, 0.6) is 0 Å². The first-order valence-electron chi connectivity index (χ1n) is 6.52. The molecule has 1 N–H and O–H groups in total. The van der Waals surface area contributed by atoms with Gasteiger partial charge in [-0.15, -0.1) is 11.3 Å². The van der Waals surface area contributed by atoms with E-state index < -0.39 is 0 Å². The molecule has 0 saturated heterocycles. The second-order valence-electron chi connectivity index (χ2n) is 4.57. The molecule has 1 unspecified atom stereocenters. The van der Waals surface area contributed by atoms with E-state index in [2.05, 4.69) is 55.5 Å². The molecule has 1 heterocycles. The van der Waals surface area contributed by atoms with E-state index in [0.717, 1.165) is 28.9 Å². The van der Waals surface area contributed by atoms with E-state index in [1.54, 1.807) is 11.3 Å². The SMILES string of the molecule is CCCNC(Cc1sccc1Br)c1cc(Cl)ccc1Br. The van der Waals surface area contributed by atoms with Gasteiger partial charge in [0.05, 0.1) is 0 Å². The lowest BCUT2D eigenvalue weighted by molar-refractivity contribution is 0.530. The van der Waals surface area contributed by atoms with E-state index in [-0.39, 0.29) is 6.04 Å². The quantitative estimate of drug-likeness (QED) is 0.566.